The van der Waals surface area contributed by atoms with Crippen molar-refractivity contribution >= 4 is 29.5 Å². The van der Waals surface area contributed by atoms with Gasteiger partial charge in [0, 0.05) is 13.1 Å². The van der Waals surface area contributed by atoms with E-state index in [4.69, 9.17) is 9.47 Å². The number of rotatable bonds is 7. The summed E-state index contributed by atoms with van der Waals surface area (Å²) in [6, 6.07) is 6.38. The van der Waals surface area contributed by atoms with E-state index in [-0.39, 0.29) is 25.5 Å². The summed E-state index contributed by atoms with van der Waals surface area (Å²) in [6.45, 7) is 1.76. The Hall–Kier alpha value is -3.10. The Morgan fingerprint density at radius 1 is 1.27 bits per heavy atom. The average molecular weight is 363 g/mol. The van der Waals surface area contributed by atoms with Gasteiger partial charge >= 0.3 is 12.0 Å². The smallest absolute Gasteiger partial charge is 0.321 e. The van der Waals surface area contributed by atoms with Crippen molar-refractivity contribution in [1.82, 2.24) is 10.6 Å². The Bertz CT molecular complexity index is 691. The maximum Gasteiger partial charge on any atom is 0.321 e. The number of nitrogens with one attached hydrogen (secondary N) is 2. The van der Waals surface area contributed by atoms with Crippen LogP contribution in [0.25, 0.3) is 0 Å². The molecule has 2 N–H and O–H groups in total. The van der Waals surface area contributed by atoms with Gasteiger partial charge in [-0.15, -0.1) is 0 Å². The second-order valence-electron chi connectivity index (χ2n) is 5.52. The molecule has 0 unspecified atom stereocenters. The first-order valence-corrected chi connectivity index (χ1v) is 8.26. The Kier molecular flexibility index (Phi) is 6.95. The van der Waals surface area contributed by atoms with E-state index >= 15 is 0 Å². The Balaban J connectivity index is 1.76. The highest BCUT2D eigenvalue weighted by atomic mass is 16.5. The lowest BCUT2D eigenvalue weighted by Crippen LogP contribution is -2.42. The molecule has 0 radical (unpaired) electrons. The molecule has 26 heavy (non-hydrogen) atoms. The summed E-state index contributed by atoms with van der Waals surface area (Å²) < 4.78 is 10.1. The number of anilines is 1. The van der Waals surface area contributed by atoms with Crippen molar-refractivity contribution in [2.45, 2.75) is 19.8 Å². The van der Waals surface area contributed by atoms with E-state index in [9.17, 15) is 19.2 Å². The van der Waals surface area contributed by atoms with Gasteiger partial charge in [0.05, 0.1) is 12.1 Å². The quantitative estimate of drug-likeness (QED) is 0.685. The second kappa shape index (κ2) is 9.40. The molecule has 1 aromatic carbocycles. The average Bonchev–Trinajstić information content (AvgIpc) is 2.64. The summed E-state index contributed by atoms with van der Waals surface area (Å²) in [6.07, 6.45) is 0.648. The fourth-order valence-corrected chi connectivity index (χ4v) is 2.27. The molecule has 0 saturated carbocycles. The third kappa shape index (κ3) is 5.47. The minimum absolute atomic E-state index is 0.0879. The van der Waals surface area contributed by atoms with Gasteiger partial charge in [0.25, 0.3) is 11.8 Å². The molecule has 140 valence electrons. The monoisotopic (exact) mass is 363 g/mol. The summed E-state index contributed by atoms with van der Waals surface area (Å²) in [7, 11) is 0. The molecule has 0 aliphatic carbocycles. The Labute approximate surface area is 150 Å². The highest BCUT2D eigenvalue weighted by molar-refractivity contribution is 5.98. The van der Waals surface area contributed by atoms with Gasteiger partial charge in [-0.1, -0.05) is 19.1 Å². The zero-order valence-electron chi connectivity index (χ0n) is 14.4. The van der Waals surface area contributed by atoms with Gasteiger partial charge in [-0.25, -0.2) is 4.79 Å². The second-order valence-corrected chi connectivity index (χ2v) is 5.52. The number of hydrogen-bond donors (Lipinski definition) is 2. The fourth-order valence-electron chi connectivity index (χ4n) is 2.27. The van der Waals surface area contributed by atoms with Gasteiger partial charge in [0.2, 0.25) is 0 Å². The largest absolute Gasteiger partial charge is 0.482 e. The number of imide groups is 1. The normalized spacial score (nSPS) is 12.7. The maximum absolute atomic E-state index is 12.0. The van der Waals surface area contributed by atoms with Gasteiger partial charge in [-0.3, -0.25) is 19.7 Å². The SMILES string of the molecule is CCCNC(=O)NC(=O)COC(=O)CCN1C(=O)COc2ccccc21. The van der Waals surface area contributed by atoms with Crippen molar-refractivity contribution in [3.05, 3.63) is 24.3 Å². The summed E-state index contributed by atoms with van der Waals surface area (Å²) in [5.74, 6) is -1.06. The third-order valence-electron chi connectivity index (χ3n) is 3.50. The van der Waals surface area contributed by atoms with Crippen LogP contribution in [0, 0.1) is 0 Å². The fraction of sp³-hybridized carbons (Fsp3) is 0.412. The van der Waals surface area contributed by atoms with E-state index in [0.717, 1.165) is 6.42 Å². The topological polar surface area (TPSA) is 114 Å². The van der Waals surface area contributed by atoms with Gasteiger partial charge in [-0.05, 0) is 18.6 Å². The number of fused-ring (bicyclic) bond motifs is 1. The lowest BCUT2D eigenvalue weighted by atomic mass is 10.2. The number of carbonyl (C=O) groups is 4. The van der Waals surface area contributed by atoms with Crippen LogP contribution in [0.4, 0.5) is 10.5 Å². The van der Waals surface area contributed by atoms with Gasteiger partial charge in [0.1, 0.15) is 5.75 Å². The first-order valence-electron chi connectivity index (χ1n) is 8.26. The standard InChI is InChI=1S/C17H21N3O6/c1-2-8-18-17(24)19-14(21)10-26-16(23)7-9-20-12-5-3-4-6-13(12)25-11-15(20)22/h3-6H,2,7-11H2,1H3,(H2,18,19,21,24). The number of carbonyl (C=O) groups excluding carboxylic acids is 4. The van der Waals surface area contributed by atoms with Crippen LogP contribution in [0.15, 0.2) is 24.3 Å². The summed E-state index contributed by atoms with van der Waals surface area (Å²) in [5, 5.41) is 4.51. The van der Waals surface area contributed by atoms with E-state index in [1.54, 1.807) is 24.3 Å². The van der Waals surface area contributed by atoms with Crippen LogP contribution >= 0.6 is 0 Å². The van der Waals surface area contributed by atoms with E-state index in [1.165, 1.54) is 4.90 Å². The zero-order chi connectivity index (χ0) is 18.9. The van der Waals surface area contributed by atoms with Gasteiger partial charge in [-0.2, -0.15) is 0 Å². The maximum atomic E-state index is 12.0. The van der Waals surface area contributed by atoms with Crippen LogP contribution in [0.3, 0.4) is 0 Å². The molecule has 1 aromatic rings. The predicted octanol–water partition coefficient (Wildman–Crippen LogP) is 0.581. The molecule has 4 amide bonds. The van der Waals surface area contributed by atoms with Crippen LogP contribution in [0.1, 0.15) is 19.8 Å². The number of benzene rings is 1. The molecule has 0 atom stereocenters. The number of para-hydroxylation sites is 2. The molecule has 1 aliphatic heterocycles. The summed E-state index contributed by atoms with van der Waals surface area (Å²) in [5.41, 5.74) is 0.585. The number of amides is 4. The van der Waals surface area contributed by atoms with Crippen LogP contribution < -0.4 is 20.3 Å². The van der Waals surface area contributed by atoms with Crippen LogP contribution in [-0.2, 0) is 19.1 Å². The molecular weight excluding hydrogens is 342 g/mol. The van der Waals surface area contributed by atoms with Crippen molar-refractivity contribution in [3.63, 3.8) is 0 Å². The van der Waals surface area contributed by atoms with Crippen molar-refractivity contribution < 1.29 is 28.7 Å². The van der Waals surface area contributed by atoms with Crippen molar-refractivity contribution in [2.24, 2.45) is 0 Å². The molecule has 1 heterocycles. The Morgan fingerprint density at radius 2 is 2.04 bits per heavy atom. The minimum Gasteiger partial charge on any atom is -0.482 e. The van der Waals surface area contributed by atoms with Crippen LogP contribution in [0.2, 0.25) is 0 Å². The summed E-state index contributed by atoms with van der Waals surface area (Å²) in [4.78, 5) is 48.0. The van der Waals surface area contributed by atoms with E-state index < -0.39 is 24.5 Å². The van der Waals surface area contributed by atoms with Crippen LogP contribution in [-0.4, -0.2) is 50.1 Å². The number of hydrogen-bond acceptors (Lipinski definition) is 6. The summed E-state index contributed by atoms with van der Waals surface area (Å²) >= 11 is 0. The van der Waals surface area contributed by atoms with E-state index in [1.807, 2.05) is 12.2 Å². The highest BCUT2D eigenvalue weighted by Gasteiger charge is 2.25. The molecule has 0 spiro atoms. The lowest BCUT2D eigenvalue weighted by molar-refractivity contribution is -0.148. The third-order valence-corrected chi connectivity index (χ3v) is 3.50. The minimum atomic E-state index is -0.722. The highest BCUT2D eigenvalue weighted by Crippen LogP contribution is 2.31. The zero-order valence-corrected chi connectivity index (χ0v) is 14.4. The number of ether oxygens (including phenoxy) is 2. The molecule has 2 rings (SSSR count). The number of urea groups is 1. The predicted molar refractivity (Wildman–Crippen MR) is 91.7 cm³/mol. The van der Waals surface area contributed by atoms with E-state index in [0.29, 0.717) is 18.0 Å². The molecule has 1 aliphatic rings. The van der Waals surface area contributed by atoms with Crippen molar-refractivity contribution in [1.29, 1.82) is 0 Å². The first kappa shape index (κ1) is 19.2. The number of nitrogens with zero attached hydrogens (tertiary/aromatic N) is 1. The molecule has 9 heteroatoms. The molecule has 0 saturated heterocycles. The molecule has 0 aromatic heterocycles. The van der Waals surface area contributed by atoms with E-state index in [2.05, 4.69) is 5.32 Å². The van der Waals surface area contributed by atoms with Gasteiger partial charge < -0.3 is 19.7 Å². The molecule has 9 nitrogen and oxygen atoms in total. The lowest BCUT2D eigenvalue weighted by Gasteiger charge is -2.28. The molecular formula is C17H21N3O6. The molecule has 0 bridgehead atoms. The van der Waals surface area contributed by atoms with Crippen LogP contribution in [0.5, 0.6) is 5.75 Å². The number of esters is 1. The Morgan fingerprint density at radius 3 is 2.81 bits per heavy atom. The first-order chi connectivity index (χ1) is 12.5. The molecule has 0 fully saturated rings. The van der Waals surface area contributed by atoms with Crippen molar-refractivity contribution in [2.75, 3.05) is 31.2 Å². The van der Waals surface area contributed by atoms with Crippen molar-refractivity contribution in [3.8, 4) is 5.75 Å². The van der Waals surface area contributed by atoms with Gasteiger partial charge in [0.15, 0.2) is 13.2 Å².